The number of benzene rings is 1. The number of hydrogen-bond acceptors (Lipinski definition) is 4. The molecule has 0 radical (unpaired) electrons. The van der Waals surface area contributed by atoms with Crippen molar-refractivity contribution in [3.8, 4) is 0 Å². The smallest absolute Gasteiger partial charge is 0.343 e. The first kappa shape index (κ1) is 12.4. The van der Waals surface area contributed by atoms with E-state index in [9.17, 15) is 4.79 Å². The second-order valence-corrected chi connectivity index (χ2v) is 4.88. The molecule has 0 saturated heterocycles. The normalized spacial score (nSPS) is 10.6. The Hall–Kier alpha value is -2.02. The van der Waals surface area contributed by atoms with Crippen LogP contribution in [0.25, 0.3) is 0 Å². The summed E-state index contributed by atoms with van der Waals surface area (Å²) in [5.41, 5.74) is 6.86. The molecule has 2 aromatic rings. The summed E-state index contributed by atoms with van der Waals surface area (Å²) in [6.07, 6.45) is 0. The van der Waals surface area contributed by atoms with Gasteiger partial charge in [-0.2, -0.15) is 0 Å². The number of aryl methyl sites for hydroxylation is 1. The minimum Gasteiger partial charge on any atom is -0.384 e. The number of rotatable bonds is 3. The first-order chi connectivity index (χ1) is 8.49. The highest BCUT2D eigenvalue weighted by atomic mass is 32.2. The van der Waals surface area contributed by atoms with Crippen LogP contribution in [-0.4, -0.2) is 20.6 Å². The molecule has 0 saturated carbocycles. The number of nitrogens with zero attached hydrogens (tertiary/aromatic N) is 2. The molecule has 6 nitrogen and oxygen atoms in total. The summed E-state index contributed by atoms with van der Waals surface area (Å²) < 4.78 is 1.45. The number of nitrogen functional groups attached to an aromatic ring is 1. The molecule has 0 atom stereocenters. The van der Waals surface area contributed by atoms with Crippen molar-refractivity contribution >= 4 is 17.6 Å². The standard InChI is InChI=1S/C11H13N5OS/c1-6-5-7(9(12)13)3-4-8(6)18-11-15-14-10(17)16(11)2/h3-5H,1-2H3,(H3,12,13)(H,14,17). The van der Waals surface area contributed by atoms with E-state index in [0.717, 1.165) is 10.5 Å². The summed E-state index contributed by atoms with van der Waals surface area (Å²) in [5.74, 6) is 0.0434. The first-order valence-electron chi connectivity index (χ1n) is 5.23. The number of H-pyrrole nitrogens is 1. The van der Waals surface area contributed by atoms with E-state index >= 15 is 0 Å². The average molecular weight is 263 g/mol. The number of nitrogens with one attached hydrogen (secondary N) is 2. The molecule has 7 heteroatoms. The molecule has 94 valence electrons. The number of hydrogen-bond donors (Lipinski definition) is 3. The number of aromatic amines is 1. The van der Waals surface area contributed by atoms with Crippen LogP contribution < -0.4 is 11.4 Å². The Labute approximate surface area is 108 Å². The van der Waals surface area contributed by atoms with Gasteiger partial charge in [0.25, 0.3) is 0 Å². The fraction of sp³-hybridized carbons (Fsp3) is 0.182. The van der Waals surface area contributed by atoms with E-state index in [1.807, 2.05) is 19.1 Å². The minimum atomic E-state index is -0.240. The van der Waals surface area contributed by atoms with Crippen molar-refractivity contribution in [1.82, 2.24) is 14.8 Å². The highest BCUT2D eigenvalue weighted by Gasteiger charge is 2.09. The zero-order valence-corrected chi connectivity index (χ0v) is 10.8. The third kappa shape index (κ3) is 2.30. The van der Waals surface area contributed by atoms with Gasteiger partial charge in [0.05, 0.1) is 0 Å². The number of aromatic nitrogens is 3. The van der Waals surface area contributed by atoms with E-state index in [0.29, 0.717) is 10.7 Å². The molecule has 0 fully saturated rings. The fourth-order valence-corrected chi connectivity index (χ4v) is 2.32. The van der Waals surface area contributed by atoms with Crippen LogP contribution in [0.2, 0.25) is 0 Å². The van der Waals surface area contributed by atoms with Crippen molar-refractivity contribution in [1.29, 1.82) is 5.41 Å². The van der Waals surface area contributed by atoms with Gasteiger partial charge in [0.2, 0.25) is 0 Å². The van der Waals surface area contributed by atoms with E-state index in [-0.39, 0.29) is 11.5 Å². The van der Waals surface area contributed by atoms with Crippen LogP contribution in [0.15, 0.2) is 33.0 Å². The summed E-state index contributed by atoms with van der Waals surface area (Å²) in [6.45, 7) is 1.93. The van der Waals surface area contributed by atoms with Crippen molar-refractivity contribution in [2.45, 2.75) is 17.0 Å². The molecule has 2 rings (SSSR count). The van der Waals surface area contributed by atoms with E-state index in [2.05, 4.69) is 10.2 Å². The zero-order valence-electron chi connectivity index (χ0n) is 10.0. The second-order valence-electron chi connectivity index (χ2n) is 3.87. The Morgan fingerprint density at radius 1 is 1.56 bits per heavy atom. The van der Waals surface area contributed by atoms with Gasteiger partial charge in [-0.15, -0.1) is 5.10 Å². The van der Waals surface area contributed by atoms with Crippen LogP contribution in [0, 0.1) is 12.3 Å². The maximum atomic E-state index is 11.2. The van der Waals surface area contributed by atoms with Crippen LogP contribution in [-0.2, 0) is 7.05 Å². The Balaban J connectivity index is 2.33. The summed E-state index contributed by atoms with van der Waals surface area (Å²) in [6, 6.07) is 5.49. The second kappa shape index (κ2) is 4.69. The molecule has 0 unspecified atom stereocenters. The van der Waals surface area contributed by atoms with E-state index in [1.54, 1.807) is 13.1 Å². The van der Waals surface area contributed by atoms with E-state index in [4.69, 9.17) is 11.1 Å². The topological polar surface area (TPSA) is 101 Å². The third-order valence-electron chi connectivity index (χ3n) is 2.53. The zero-order chi connectivity index (χ0) is 13.3. The predicted molar refractivity (Wildman–Crippen MR) is 70.1 cm³/mol. The predicted octanol–water partition coefficient (Wildman–Crippen LogP) is 0.852. The van der Waals surface area contributed by atoms with Crippen LogP contribution in [0.3, 0.4) is 0 Å². The number of amidine groups is 1. The maximum Gasteiger partial charge on any atom is 0.343 e. The van der Waals surface area contributed by atoms with Crippen LogP contribution in [0.1, 0.15) is 11.1 Å². The molecule has 1 heterocycles. The minimum absolute atomic E-state index is 0.0434. The molecule has 1 aromatic heterocycles. The van der Waals surface area contributed by atoms with Crippen molar-refractivity contribution in [2.75, 3.05) is 0 Å². The summed E-state index contributed by atoms with van der Waals surface area (Å²) in [4.78, 5) is 12.2. The van der Waals surface area contributed by atoms with E-state index in [1.165, 1.54) is 16.3 Å². The monoisotopic (exact) mass is 263 g/mol. The summed E-state index contributed by atoms with van der Waals surface area (Å²) >= 11 is 1.39. The molecule has 0 amide bonds. The highest BCUT2D eigenvalue weighted by Crippen LogP contribution is 2.28. The van der Waals surface area contributed by atoms with Gasteiger partial charge in [0.15, 0.2) is 5.16 Å². The Bertz CT molecular complexity index is 658. The molecular formula is C11H13N5OS. The van der Waals surface area contributed by atoms with Gasteiger partial charge in [-0.1, -0.05) is 6.07 Å². The molecule has 4 N–H and O–H groups in total. The van der Waals surface area contributed by atoms with Gasteiger partial charge >= 0.3 is 5.69 Å². The molecule has 0 spiro atoms. The van der Waals surface area contributed by atoms with Crippen molar-refractivity contribution in [2.24, 2.45) is 12.8 Å². The fourth-order valence-electron chi connectivity index (χ4n) is 1.45. The lowest BCUT2D eigenvalue weighted by molar-refractivity contribution is 0.765. The van der Waals surface area contributed by atoms with Gasteiger partial charge < -0.3 is 5.73 Å². The molecule has 0 bridgehead atoms. The summed E-state index contributed by atoms with van der Waals surface area (Å²) in [7, 11) is 1.66. The van der Waals surface area contributed by atoms with Crippen LogP contribution >= 0.6 is 11.8 Å². The quantitative estimate of drug-likeness (QED) is 0.564. The Morgan fingerprint density at radius 3 is 2.78 bits per heavy atom. The summed E-state index contributed by atoms with van der Waals surface area (Å²) in [5, 5.41) is 14.3. The maximum absolute atomic E-state index is 11.2. The van der Waals surface area contributed by atoms with Crippen LogP contribution in [0.4, 0.5) is 0 Å². The lowest BCUT2D eigenvalue weighted by Crippen LogP contribution is -2.13. The average Bonchev–Trinajstić information content (AvgIpc) is 2.63. The molecule has 0 aliphatic carbocycles. The van der Waals surface area contributed by atoms with Crippen molar-refractivity contribution in [3.63, 3.8) is 0 Å². The van der Waals surface area contributed by atoms with Crippen molar-refractivity contribution < 1.29 is 0 Å². The molecular weight excluding hydrogens is 250 g/mol. The van der Waals surface area contributed by atoms with Gasteiger partial charge in [0.1, 0.15) is 5.84 Å². The van der Waals surface area contributed by atoms with Gasteiger partial charge in [-0.05, 0) is 36.4 Å². The molecule has 0 aliphatic heterocycles. The molecule has 0 aliphatic rings. The Kier molecular flexibility index (Phi) is 3.24. The molecule has 1 aromatic carbocycles. The Morgan fingerprint density at radius 2 is 2.28 bits per heavy atom. The van der Waals surface area contributed by atoms with Crippen molar-refractivity contribution in [3.05, 3.63) is 39.8 Å². The first-order valence-corrected chi connectivity index (χ1v) is 6.05. The van der Waals surface area contributed by atoms with Crippen LogP contribution in [0.5, 0.6) is 0 Å². The van der Waals surface area contributed by atoms with Gasteiger partial charge in [-0.3, -0.25) is 9.98 Å². The third-order valence-corrected chi connectivity index (χ3v) is 3.75. The SMILES string of the molecule is Cc1cc(C(=N)N)ccc1Sc1n[nH]c(=O)n1C. The van der Waals surface area contributed by atoms with Gasteiger partial charge in [0, 0.05) is 17.5 Å². The van der Waals surface area contributed by atoms with Gasteiger partial charge in [-0.25, -0.2) is 9.89 Å². The van der Waals surface area contributed by atoms with E-state index < -0.39 is 0 Å². The highest BCUT2D eigenvalue weighted by molar-refractivity contribution is 7.99. The largest absolute Gasteiger partial charge is 0.384 e. The molecule has 18 heavy (non-hydrogen) atoms. The lowest BCUT2D eigenvalue weighted by atomic mass is 10.1. The number of nitrogens with two attached hydrogens (primary N) is 1. The lowest BCUT2D eigenvalue weighted by Gasteiger charge is -2.06.